The van der Waals surface area contributed by atoms with Crippen LogP contribution in [0.25, 0.3) is 10.9 Å². The van der Waals surface area contributed by atoms with Crippen LogP contribution in [0.4, 0.5) is 14.9 Å². The molecular formula is C24H23FN4O. The number of rotatable bonds is 6. The first-order chi connectivity index (χ1) is 14.6. The Morgan fingerprint density at radius 1 is 1.13 bits per heavy atom. The Hall–Kier alpha value is -3.67. The summed E-state index contributed by atoms with van der Waals surface area (Å²) in [5, 5.41) is 6.64. The fourth-order valence-corrected chi connectivity index (χ4v) is 3.46. The van der Waals surface area contributed by atoms with Crippen molar-refractivity contribution in [1.29, 1.82) is 0 Å². The average Bonchev–Trinajstić information content (AvgIpc) is 3.13. The quantitative estimate of drug-likeness (QED) is 0.426. The fourth-order valence-electron chi connectivity index (χ4n) is 3.46. The first-order valence-corrected chi connectivity index (χ1v) is 9.88. The number of aromatic amines is 1. The fraction of sp³-hybridized carbons (Fsp3) is 0.167. The molecule has 0 fully saturated rings. The second kappa shape index (κ2) is 8.78. The minimum atomic E-state index is -0.268. The maximum absolute atomic E-state index is 13.5. The molecule has 6 heteroatoms. The zero-order valence-electron chi connectivity index (χ0n) is 16.7. The molecule has 0 spiro atoms. The second-order valence-electron chi connectivity index (χ2n) is 7.28. The first kappa shape index (κ1) is 19.6. The number of halogens is 1. The molecule has 0 aliphatic rings. The number of pyridine rings is 1. The van der Waals surface area contributed by atoms with Gasteiger partial charge in [-0.25, -0.2) is 9.18 Å². The molecule has 0 unspecified atom stereocenters. The van der Waals surface area contributed by atoms with Crippen LogP contribution in [0.5, 0.6) is 0 Å². The smallest absolute Gasteiger partial charge is 0.319 e. The molecule has 0 radical (unpaired) electrons. The number of amides is 2. The maximum atomic E-state index is 13.5. The van der Waals surface area contributed by atoms with Crippen LogP contribution in [0.1, 0.15) is 22.4 Å². The Labute approximate surface area is 174 Å². The monoisotopic (exact) mass is 402 g/mol. The number of urea groups is 1. The third-order valence-corrected chi connectivity index (χ3v) is 5.07. The molecule has 4 rings (SSSR count). The van der Waals surface area contributed by atoms with Crippen LogP contribution in [-0.4, -0.2) is 22.5 Å². The van der Waals surface area contributed by atoms with Gasteiger partial charge < -0.3 is 15.6 Å². The van der Waals surface area contributed by atoms with E-state index in [1.165, 1.54) is 12.1 Å². The molecular weight excluding hydrogens is 379 g/mol. The van der Waals surface area contributed by atoms with Gasteiger partial charge in [0.1, 0.15) is 5.82 Å². The van der Waals surface area contributed by atoms with Crippen molar-refractivity contribution < 1.29 is 9.18 Å². The highest BCUT2D eigenvalue weighted by Gasteiger charge is 2.08. The molecule has 5 nitrogen and oxygen atoms in total. The molecule has 4 aromatic rings. The second-order valence-corrected chi connectivity index (χ2v) is 7.28. The molecule has 30 heavy (non-hydrogen) atoms. The first-order valence-electron chi connectivity index (χ1n) is 9.88. The van der Waals surface area contributed by atoms with E-state index in [-0.39, 0.29) is 11.8 Å². The van der Waals surface area contributed by atoms with Gasteiger partial charge in [-0.2, -0.15) is 0 Å². The van der Waals surface area contributed by atoms with E-state index in [9.17, 15) is 9.18 Å². The SMILES string of the molecule is Cc1ccc(Cc2ccccn2)cc1NC(=O)NCCc1c[nH]c2ccc(F)cc12. The van der Waals surface area contributed by atoms with Crippen LogP contribution >= 0.6 is 0 Å². The summed E-state index contributed by atoms with van der Waals surface area (Å²) in [6.07, 6.45) is 4.94. The summed E-state index contributed by atoms with van der Waals surface area (Å²) < 4.78 is 13.5. The molecule has 0 saturated heterocycles. The van der Waals surface area contributed by atoms with Crippen LogP contribution in [-0.2, 0) is 12.8 Å². The van der Waals surface area contributed by atoms with E-state index in [0.717, 1.165) is 39.0 Å². The molecule has 0 bridgehead atoms. The van der Waals surface area contributed by atoms with E-state index in [2.05, 4.69) is 20.6 Å². The molecule has 0 aliphatic heterocycles. The van der Waals surface area contributed by atoms with Gasteiger partial charge in [0, 0.05) is 47.6 Å². The highest BCUT2D eigenvalue weighted by molar-refractivity contribution is 5.90. The lowest BCUT2D eigenvalue weighted by atomic mass is 10.1. The maximum Gasteiger partial charge on any atom is 0.319 e. The Balaban J connectivity index is 1.35. The summed E-state index contributed by atoms with van der Waals surface area (Å²) in [7, 11) is 0. The minimum Gasteiger partial charge on any atom is -0.361 e. The largest absolute Gasteiger partial charge is 0.361 e. The van der Waals surface area contributed by atoms with Crippen molar-refractivity contribution in [2.75, 3.05) is 11.9 Å². The van der Waals surface area contributed by atoms with Crippen molar-refractivity contribution in [3.05, 3.63) is 95.2 Å². The van der Waals surface area contributed by atoms with Gasteiger partial charge in [0.25, 0.3) is 0 Å². The van der Waals surface area contributed by atoms with E-state index in [1.54, 1.807) is 12.3 Å². The van der Waals surface area contributed by atoms with Crippen molar-refractivity contribution >= 4 is 22.6 Å². The van der Waals surface area contributed by atoms with Gasteiger partial charge in [0.05, 0.1) is 0 Å². The molecule has 0 saturated carbocycles. The van der Waals surface area contributed by atoms with Crippen LogP contribution < -0.4 is 10.6 Å². The third kappa shape index (κ3) is 4.66. The van der Waals surface area contributed by atoms with Crippen LogP contribution in [0.15, 0.2) is 67.0 Å². The summed E-state index contributed by atoms with van der Waals surface area (Å²) >= 11 is 0. The molecule has 2 aromatic carbocycles. The standard InChI is InChI=1S/C24H23FN4O/c1-16-5-6-17(12-20-4-2-3-10-26-20)13-23(16)29-24(30)27-11-9-18-15-28-22-8-7-19(25)14-21(18)22/h2-8,10,13-15,28H,9,11-12H2,1H3,(H2,27,29,30). The summed E-state index contributed by atoms with van der Waals surface area (Å²) in [6, 6.07) is 16.2. The number of hydrogen-bond donors (Lipinski definition) is 3. The zero-order chi connectivity index (χ0) is 20.9. The lowest BCUT2D eigenvalue weighted by Gasteiger charge is -2.12. The van der Waals surface area contributed by atoms with Crippen molar-refractivity contribution in [3.8, 4) is 0 Å². The number of benzene rings is 2. The molecule has 3 N–H and O–H groups in total. The number of anilines is 1. The van der Waals surface area contributed by atoms with E-state index < -0.39 is 0 Å². The number of fused-ring (bicyclic) bond motifs is 1. The zero-order valence-corrected chi connectivity index (χ0v) is 16.7. The topological polar surface area (TPSA) is 69.8 Å². The number of nitrogens with one attached hydrogen (secondary N) is 3. The Bertz CT molecular complexity index is 1170. The van der Waals surface area contributed by atoms with Gasteiger partial charge in [-0.1, -0.05) is 18.2 Å². The predicted molar refractivity (Wildman–Crippen MR) is 117 cm³/mol. The number of hydrogen-bond acceptors (Lipinski definition) is 2. The third-order valence-electron chi connectivity index (χ3n) is 5.07. The summed E-state index contributed by atoms with van der Waals surface area (Å²) in [5.41, 5.74) is 5.67. The molecule has 2 amide bonds. The van der Waals surface area contributed by atoms with E-state index in [0.29, 0.717) is 19.4 Å². The lowest BCUT2D eigenvalue weighted by molar-refractivity contribution is 0.252. The number of aromatic nitrogens is 2. The van der Waals surface area contributed by atoms with Crippen LogP contribution in [0.3, 0.4) is 0 Å². The van der Waals surface area contributed by atoms with Gasteiger partial charge in [-0.3, -0.25) is 4.98 Å². The normalized spacial score (nSPS) is 10.9. The van der Waals surface area contributed by atoms with Gasteiger partial charge in [0.15, 0.2) is 0 Å². The van der Waals surface area contributed by atoms with Crippen molar-refractivity contribution in [2.24, 2.45) is 0 Å². The van der Waals surface area contributed by atoms with Crippen molar-refractivity contribution in [2.45, 2.75) is 19.8 Å². The average molecular weight is 402 g/mol. The Kier molecular flexibility index (Phi) is 5.75. The molecule has 0 aliphatic carbocycles. The van der Waals surface area contributed by atoms with Gasteiger partial charge >= 0.3 is 6.03 Å². The Morgan fingerprint density at radius 3 is 2.87 bits per heavy atom. The van der Waals surface area contributed by atoms with Crippen molar-refractivity contribution in [1.82, 2.24) is 15.3 Å². The highest BCUT2D eigenvalue weighted by atomic mass is 19.1. The summed E-state index contributed by atoms with van der Waals surface area (Å²) in [5.74, 6) is -0.268. The molecule has 2 heterocycles. The highest BCUT2D eigenvalue weighted by Crippen LogP contribution is 2.20. The summed E-state index contributed by atoms with van der Waals surface area (Å²) in [4.78, 5) is 19.9. The predicted octanol–water partition coefficient (Wildman–Crippen LogP) is 4.97. The lowest BCUT2D eigenvalue weighted by Crippen LogP contribution is -2.30. The van der Waals surface area contributed by atoms with Crippen molar-refractivity contribution in [3.63, 3.8) is 0 Å². The molecule has 152 valence electrons. The Morgan fingerprint density at radius 2 is 2.03 bits per heavy atom. The number of nitrogens with zero attached hydrogens (tertiary/aromatic N) is 1. The minimum absolute atomic E-state index is 0.265. The molecule has 2 aromatic heterocycles. The number of H-pyrrole nitrogens is 1. The molecule has 0 atom stereocenters. The van der Waals surface area contributed by atoms with Crippen LogP contribution in [0.2, 0.25) is 0 Å². The summed E-state index contributed by atoms with van der Waals surface area (Å²) in [6.45, 7) is 2.41. The van der Waals surface area contributed by atoms with E-state index in [1.807, 2.05) is 49.5 Å². The van der Waals surface area contributed by atoms with Gasteiger partial charge in [-0.15, -0.1) is 0 Å². The van der Waals surface area contributed by atoms with Crippen LogP contribution in [0, 0.1) is 12.7 Å². The number of aryl methyl sites for hydroxylation is 1. The van der Waals surface area contributed by atoms with Gasteiger partial charge in [0.2, 0.25) is 0 Å². The van der Waals surface area contributed by atoms with E-state index >= 15 is 0 Å². The number of carbonyl (C=O) groups excluding carboxylic acids is 1. The van der Waals surface area contributed by atoms with E-state index in [4.69, 9.17) is 0 Å². The van der Waals surface area contributed by atoms with Gasteiger partial charge in [-0.05, 0) is 66.4 Å². The number of carbonyl (C=O) groups is 1.